The number of carbonyl (C=O) groups is 1. The van der Waals surface area contributed by atoms with E-state index in [1.165, 1.54) is 6.33 Å². The summed E-state index contributed by atoms with van der Waals surface area (Å²) in [5, 5.41) is 0. The minimum absolute atomic E-state index is 0.0715. The zero-order valence-corrected chi connectivity index (χ0v) is 20.4. The van der Waals surface area contributed by atoms with Crippen molar-refractivity contribution in [3.63, 3.8) is 0 Å². The van der Waals surface area contributed by atoms with E-state index in [1.807, 2.05) is 18.4 Å². The molecular weight excluding hydrogens is 440 g/mol. The summed E-state index contributed by atoms with van der Waals surface area (Å²) >= 11 is 0. The minimum Gasteiger partial charge on any atom is -0.382 e. The van der Waals surface area contributed by atoms with Gasteiger partial charge in [0.05, 0.1) is 12.9 Å². The van der Waals surface area contributed by atoms with Gasteiger partial charge in [0.25, 0.3) is 0 Å². The van der Waals surface area contributed by atoms with Crippen molar-refractivity contribution in [2.45, 2.75) is 76.3 Å². The molecule has 0 bridgehead atoms. The first-order valence-corrected chi connectivity index (χ1v) is 11.9. The quantitative estimate of drug-likeness (QED) is 0.598. The summed E-state index contributed by atoms with van der Waals surface area (Å²) in [5.41, 5.74) is 6.22. The van der Waals surface area contributed by atoms with Crippen LogP contribution in [0.25, 0.3) is 11.2 Å². The Hall–Kier alpha value is -2.18. The highest BCUT2D eigenvalue weighted by atomic mass is 16.8. The molecule has 1 saturated carbocycles. The molecule has 11 heteroatoms. The lowest BCUT2D eigenvalue weighted by Gasteiger charge is -2.45. The molecule has 0 aromatic carbocycles. The van der Waals surface area contributed by atoms with Crippen LogP contribution < -0.4 is 5.73 Å². The van der Waals surface area contributed by atoms with Crippen molar-refractivity contribution < 1.29 is 23.7 Å². The Bertz CT molecular complexity index is 1070. The predicted octanol–water partition coefficient (Wildman–Crippen LogP) is 1.32. The third-order valence-electron chi connectivity index (χ3n) is 7.27. The summed E-state index contributed by atoms with van der Waals surface area (Å²) in [6.45, 7) is 9.31. The lowest BCUT2D eigenvalue weighted by Crippen LogP contribution is -2.54. The standard InChI is InChI=1S/C23H34N6O5/c1-13(2)28(15-6-14(7-15)16(30)9-31-5)8-17-19-23(10-32-17,34-22(3,4)33-19)29-12-27-18-20(24)25-11-26-21(18)29/h11-15,17,19H,6-10H2,1-5H3,(H2,24,25,26)/t14?,15?,17-,19-,23+/m1/s1. The zero-order chi connectivity index (χ0) is 24.3. The van der Waals surface area contributed by atoms with Crippen LogP contribution in [0.2, 0.25) is 0 Å². The molecule has 2 aliphatic heterocycles. The highest BCUT2D eigenvalue weighted by Gasteiger charge is 2.63. The van der Waals surface area contributed by atoms with Gasteiger partial charge in [-0.1, -0.05) is 0 Å². The van der Waals surface area contributed by atoms with Crippen LogP contribution in [-0.2, 0) is 29.5 Å². The number of hydrogen-bond acceptors (Lipinski definition) is 10. The summed E-state index contributed by atoms with van der Waals surface area (Å²) in [6, 6.07) is 0.611. The van der Waals surface area contributed by atoms with Gasteiger partial charge >= 0.3 is 0 Å². The summed E-state index contributed by atoms with van der Waals surface area (Å²) in [6.07, 6.45) is 4.19. The van der Waals surface area contributed by atoms with Gasteiger partial charge in [-0.2, -0.15) is 0 Å². The van der Waals surface area contributed by atoms with Crippen LogP contribution in [0.15, 0.2) is 12.7 Å². The molecule has 0 amide bonds. The van der Waals surface area contributed by atoms with Crippen molar-refractivity contribution in [3.05, 3.63) is 12.7 Å². The SMILES string of the molecule is COCC(=O)C1CC(N(C[C@H]2OC[C@]3(n4cnc5c(N)ncnc54)OC(C)(C)O[C@H]23)C(C)C)C1. The van der Waals surface area contributed by atoms with E-state index >= 15 is 0 Å². The molecule has 1 aliphatic carbocycles. The lowest BCUT2D eigenvalue weighted by atomic mass is 9.76. The van der Waals surface area contributed by atoms with E-state index < -0.39 is 11.5 Å². The molecule has 2 saturated heterocycles. The van der Waals surface area contributed by atoms with Crippen molar-refractivity contribution in [3.8, 4) is 0 Å². The number of nitrogens with two attached hydrogens (primary N) is 1. The number of fused-ring (bicyclic) bond motifs is 2. The molecule has 5 rings (SSSR count). The maximum absolute atomic E-state index is 12.2. The van der Waals surface area contributed by atoms with Crippen LogP contribution in [0.4, 0.5) is 5.82 Å². The highest BCUT2D eigenvalue weighted by Crippen LogP contribution is 2.48. The largest absolute Gasteiger partial charge is 0.382 e. The molecule has 0 radical (unpaired) electrons. The second-order valence-corrected chi connectivity index (χ2v) is 10.3. The number of anilines is 1. The van der Waals surface area contributed by atoms with E-state index in [0.29, 0.717) is 42.2 Å². The van der Waals surface area contributed by atoms with Gasteiger partial charge in [0.1, 0.15) is 30.7 Å². The number of imidazole rings is 1. The number of nitrogen functional groups attached to an aromatic ring is 1. The number of hydrogen-bond donors (Lipinski definition) is 1. The molecule has 3 aliphatic rings. The first-order valence-electron chi connectivity index (χ1n) is 11.9. The van der Waals surface area contributed by atoms with E-state index in [9.17, 15) is 4.79 Å². The van der Waals surface area contributed by atoms with Crippen molar-refractivity contribution in [1.82, 2.24) is 24.4 Å². The minimum atomic E-state index is -0.914. The monoisotopic (exact) mass is 474 g/mol. The van der Waals surface area contributed by atoms with E-state index in [-0.39, 0.29) is 30.5 Å². The van der Waals surface area contributed by atoms with E-state index in [2.05, 4.69) is 33.7 Å². The first kappa shape index (κ1) is 23.6. The van der Waals surface area contributed by atoms with Gasteiger partial charge in [0.15, 0.2) is 23.0 Å². The van der Waals surface area contributed by atoms with Crippen LogP contribution in [0, 0.1) is 5.92 Å². The van der Waals surface area contributed by atoms with Crippen LogP contribution in [0.1, 0.15) is 40.5 Å². The van der Waals surface area contributed by atoms with Gasteiger partial charge in [-0.3, -0.25) is 14.3 Å². The number of methoxy groups -OCH3 is 1. The molecule has 34 heavy (non-hydrogen) atoms. The molecular formula is C23H34N6O5. The van der Waals surface area contributed by atoms with Gasteiger partial charge in [-0.05, 0) is 40.5 Å². The molecule has 11 nitrogen and oxygen atoms in total. The molecule has 2 aromatic heterocycles. The van der Waals surface area contributed by atoms with Crippen LogP contribution in [0.5, 0.6) is 0 Å². The number of ether oxygens (including phenoxy) is 4. The molecule has 3 fully saturated rings. The van der Waals surface area contributed by atoms with Gasteiger partial charge in [0, 0.05) is 31.7 Å². The maximum Gasteiger partial charge on any atom is 0.203 e. The van der Waals surface area contributed by atoms with Gasteiger partial charge in [-0.15, -0.1) is 0 Å². The third kappa shape index (κ3) is 3.79. The fourth-order valence-corrected chi connectivity index (χ4v) is 5.60. The number of aromatic nitrogens is 4. The number of carbonyl (C=O) groups excluding carboxylic acids is 1. The Morgan fingerprint density at radius 3 is 2.79 bits per heavy atom. The molecule has 0 spiro atoms. The lowest BCUT2D eigenvalue weighted by molar-refractivity contribution is -0.206. The smallest absolute Gasteiger partial charge is 0.203 e. The molecule has 186 valence electrons. The molecule has 2 N–H and O–H groups in total. The number of rotatable bonds is 8. The maximum atomic E-state index is 12.2. The number of ketones is 1. The van der Waals surface area contributed by atoms with Crippen molar-refractivity contribution in [1.29, 1.82) is 0 Å². The van der Waals surface area contributed by atoms with Crippen molar-refractivity contribution >= 4 is 22.8 Å². The Kier molecular flexibility index (Phi) is 5.88. The van der Waals surface area contributed by atoms with Crippen LogP contribution in [-0.4, -0.2) is 87.1 Å². The van der Waals surface area contributed by atoms with Crippen LogP contribution >= 0.6 is 0 Å². The summed E-state index contributed by atoms with van der Waals surface area (Å²) in [5.74, 6) is -0.235. The second-order valence-electron chi connectivity index (χ2n) is 10.3. The fourth-order valence-electron chi connectivity index (χ4n) is 5.60. The fraction of sp³-hybridized carbons (Fsp3) is 0.739. The molecule has 3 atom stereocenters. The zero-order valence-electron chi connectivity index (χ0n) is 20.4. The molecule has 4 heterocycles. The molecule has 2 aromatic rings. The third-order valence-corrected chi connectivity index (χ3v) is 7.27. The Labute approximate surface area is 198 Å². The Balaban J connectivity index is 1.39. The van der Waals surface area contributed by atoms with E-state index in [0.717, 1.165) is 12.8 Å². The average Bonchev–Trinajstić information content (AvgIpc) is 3.37. The van der Waals surface area contributed by atoms with E-state index in [1.54, 1.807) is 13.4 Å². The van der Waals surface area contributed by atoms with Gasteiger partial charge < -0.3 is 24.7 Å². The summed E-state index contributed by atoms with van der Waals surface area (Å²) < 4.78 is 26.2. The molecule has 0 unspecified atom stereocenters. The topological polar surface area (TPSA) is 127 Å². The summed E-state index contributed by atoms with van der Waals surface area (Å²) in [7, 11) is 1.56. The number of Topliss-reactive ketones (excluding diaryl/α,β-unsaturated/α-hetero) is 1. The number of nitrogens with zero attached hydrogens (tertiary/aromatic N) is 5. The first-order chi connectivity index (χ1) is 16.1. The average molecular weight is 475 g/mol. The predicted molar refractivity (Wildman–Crippen MR) is 123 cm³/mol. The van der Waals surface area contributed by atoms with Crippen molar-refractivity contribution in [2.75, 3.05) is 32.6 Å². The highest BCUT2D eigenvalue weighted by molar-refractivity contribution is 5.83. The van der Waals surface area contributed by atoms with Gasteiger partial charge in [0.2, 0.25) is 5.72 Å². The Morgan fingerprint density at radius 1 is 1.32 bits per heavy atom. The van der Waals surface area contributed by atoms with Crippen LogP contribution in [0.3, 0.4) is 0 Å². The van der Waals surface area contributed by atoms with E-state index in [4.69, 9.17) is 24.7 Å². The second kappa shape index (κ2) is 8.49. The normalized spacial score (nSPS) is 32.4. The Morgan fingerprint density at radius 2 is 2.09 bits per heavy atom. The van der Waals surface area contributed by atoms with Crippen molar-refractivity contribution in [2.24, 2.45) is 5.92 Å². The summed E-state index contributed by atoms with van der Waals surface area (Å²) in [4.78, 5) is 27.5. The van der Waals surface area contributed by atoms with Gasteiger partial charge in [-0.25, -0.2) is 15.0 Å².